The van der Waals surface area contributed by atoms with Crippen molar-refractivity contribution in [2.24, 2.45) is 0 Å². The summed E-state index contributed by atoms with van der Waals surface area (Å²) in [5.41, 5.74) is 4.31. The van der Waals surface area contributed by atoms with Crippen LogP contribution in [0.3, 0.4) is 0 Å². The molecule has 1 atom stereocenters. The lowest BCUT2D eigenvalue weighted by atomic mass is 10.1. The van der Waals surface area contributed by atoms with Gasteiger partial charge < -0.3 is 14.8 Å². The minimum absolute atomic E-state index is 0.229. The second-order valence-electron chi connectivity index (χ2n) is 6.45. The van der Waals surface area contributed by atoms with Crippen LogP contribution in [0, 0.1) is 0 Å². The lowest BCUT2D eigenvalue weighted by molar-refractivity contribution is -0.115. The number of fused-ring (bicyclic) bond motifs is 1. The number of rotatable bonds is 4. The Bertz CT molecular complexity index is 1000. The van der Waals surface area contributed by atoms with Gasteiger partial charge in [-0.3, -0.25) is 4.79 Å². The molecule has 0 spiro atoms. The van der Waals surface area contributed by atoms with Gasteiger partial charge in [-0.15, -0.1) is 11.6 Å². The molecule has 1 N–H and O–H groups in total. The molecule has 1 aliphatic rings. The number of alkyl halides is 1. The van der Waals surface area contributed by atoms with E-state index in [0.717, 1.165) is 34.0 Å². The lowest BCUT2D eigenvalue weighted by Crippen LogP contribution is -2.20. The molecule has 0 saturated carbocycles. The Labute approximate surface area is 168 Å². The molecular formula is C22H19ClN2O3. The zero-order valence-electron chi connectivity index (χ0n) is 15.3. The number of hydrogen-bond acceptors (Lipinski definition) is 4. The fourth-order valence-corrected chi connectivity index (χ4v) is 2.98. The van der Waals surface area contributed by atoms with Gasteiger partial charge in [-0.2, -0.15) is 0 Å². The predicted octanol–water partition coefficient (Wildman–Crippen LogP) is 4.75. The van der Waals surface area contributed by atoms with E-state index >= 15 is 0 Å². The second-order valence-corrected chi connectivity index (χ2v) is 7.10. The number of ether oxygens (including phenoxy) is 2. The van der Waals surface area contributed by atoms with Crippen molar-refractivity contribution in [3.05, 3.63) is 60.7 Å². The van der Waals surface area contributed by atoms with Crippen LogP contribution in [0.4, 0.5) is 5.69 Å². The Morgan fingerprint density at radius 1 is 0.964 bits per heavy atom. The second kappa shape index (κ2) is 7.90. The summed E-state index contributed by atoms with van der Waals surface area (Å²) in [6.07, 6.45) is 0. The standard InChI is InChI=1S/C22H19ClN2O3/c1-14(23)22(26)24-17-8-5-15(6-9-17)18-3-2-4-19(25-18)16-7-10-20-21(13-16)28-12-11-27-20/h2-10,13-14H,11-12H2,1H3,(H,24,26)/t14-/m1/s1. The van der Waals surface area contributed by atoms with Gasteiger partial charge in [-0.05, 0) is 49.4 Å². The molecule has 6 heteroatoms. The summed E-state index contributed by atoms with van der Waals surface area (Å²) in [6.45, 7) is 2.76. The Morgan fingerprint density at radius 2 is 1.61 bits per heavy atom. The number of carbonyl (C=O) groups is 1. The first-order valence-corrected chi connectivity index (χ1v) is 9.46. The number of nitrogens with one attached hydrogen (secondary N) is 1. The van der Waals surface area contributed by atoms with Crippen molar-refractivity contribution in [2.75, 3.05) is 18.5 Å². The molecule has 5 nitrogen and oxygen atoms in total. The molecule has 1 aliphatic heterocycles. The Balaban J connectivity index is 1.58. The van der Waals surface area contributed by atoms with E-state index in [1.807, 2.05) is 60.7 Å². The molecule has 3 aromatic rings. The fraction of sp³-hybridized carbons (Fsp3) is 0.182. The highest BCUT2D eigenvalue weighted by atomic mass is 35.5. The first-order chi connectivity index (χ1) is 13.6. The van der Waals surface area contributed by atoms with Crippen LogP contribution in [0.15, 0.2) is 60.7 Å². The maximum atomic E-state index is 11.7. The van der Waals surface area contributed by atoms with Gasteiger partial charge >= 0.3 is 0 Å². The van der Waals surface area contributed by atoms with Crippen molar-refractivity contribution >= 4 is 23.2 Å². The average Bonchev–Trinajstić information content (AvgIpc) is 2.74. The van der Waals surface area contributed by atoms with Crippen LogP contribution in [-0.2, 0) is 4.79 Å². The highest BCUT2D eigenvalue weighted by Crippen LogP contribution is 2.34. The Morgan fingerprint density at radius 3 is 2.32 bits per heavy atom. The molecule has 0 fully saturated rings. The summed E-state index contributed by atoms with van der Waals surface area (Å²) in [6, 6.07) is 19.2. The normalized spacial score (nSPS) is 13.6. The largest absolute Gasteiger partial charge is 0.486 e. The van der Waals surface area contributed by atoms with Crippen molar-refractivity contribution in [3.8, 4) is 34.0 Å². The van der Waals surface area contributed by atoms with Crippen LogP contribution in [0.5, 0.6) is 11.5 Å². The molecule has 142 valence electrons. The van der Waals surface area contributed by atoms with E-state index in [-0.39, 0.29) is 5.91 Å². The summed E-state index contributed by atoms with van der Waals surface area (Å²) in [4.78, 5) is 16.5. The number of nitrogens with zero attached hydrogens (tertiary/aromatic N) is 1. The summed E-state index contributed by atoms with van der Waals surface area (Å²) >= 11 is 5.79. The number of amides is 1. The van der Waals surface area contributed by atoms with E-state index in [0.29, 0.717) is 18.9 Å². The van der Waals surface area contributed by atoms with Crippen LogP contribution < -0.4 is 14.8 Å². The van der Waals surface area contributed by atoms with E-state index in [1.165, 1.54) is 0 Å². The van der Waals surface area contributed by atoms with Crippen molar-refractivity contribution in [1.82, 2.24) is 4.98 Å². The summed E-state index contributed by atoms with van der Waals surface area (Å²) in [5, 5.41) is 2.19. The first kappa shape index (κ1) is 18.3. The van der Waals surface area contributed by atoms with Gasteiger partial charge in [-0.25, -0.2) is 4.98 Å². The molecule has 0 radical (unpaired) electrons. The summed E-state index contributed by atoms with van der Waals surface area (Å²) in [7, 11) is 0. The van der Waals surface area contributed by atoms with Crippen molar-refractivity contribution in [1.29, 1.82) is 0 Å². The van der Waals surface area contributed by atoms with Crippen LogP contribution in [0.25, 0.3) is 22.5 Å². The van der Waals surface area contributed by atoms with E-state index in [9.17, 15) is 4.79 Å². The maximum Gasteiger partial charge on any atom is 0.242 e. The van der Waals surface area contributed by atoms with Gasteiger partial charge in [0.15, 0.2) is 11.5 Å². The number of aromatic nitrogens is 1. The Kier molecular flexibility index (Phi) is 5.17. The Hall–Kier alpha value is -3.05. The number of anilines is 1. The molecule has 4 rings (SSSR count). The predicted molar refractivity (Wildman–Crippen MR) is 110 cm³/mol. The number of pyridine rings is 1. The van der Waals surface area contributed by atoms with Gasteiger partial charge in [-0.1, -0.05) is 18.2 Å². The quantitative estimate of drug-likeness (QED) is 0.648. The summed E-state index contributed by atoms with van der Waals surface area (Å²) < 4.78 is 11.2. The topological polar surface area (TPSA) is 60.5 Å². The number of halogens is 1. The molecule has 0 bridgehead atoms. The van der Waals surface area contributed by atoms with E-state index in [2.05, 4.69) is 5.32 Å². The third kappa shape index (κ3) is 3.94. The zero-order chi connectivity index (χ0) is 19.5. The van der Waals surface area contributed by atoms with Gasteiger partial charge in [0.1, 0.15) is 18.6 Å². The van der Waals surface area contributed by atoms with E-state index in [4.69, 9.17) is 26.1 Å². The molecule has 0 unspecified atom stereocenters. The minimum Gasteiger partial charge on any atom is -0.486 e. The van der Waals surface area contributed by atoms with Crippen molar-refractivity contribution < 1.29 is 14.3 Å². The zero-order valence-corrected chi connectivity index (χ0v) is 16.1. The molecule has 1 aromatic heterocycles. The van der Waals surface area contributed by atoms with Crippen LogP contribution in [0.1, 0.15) is 6.92 Å². The molecule has 1 amide bonds. The van der Waals surface area contributed by atoms with Gasteiger partial charge in [0.2, 0.25) is 5.91 Å². The third-order valence-electron chi connectivity index (χ3n) is 4.40. The molecule has 2 heterocycles. The van der Waals surface area contributed by atoms with Crippen LogP contribution in [0.2, 0.25) is 0 Å². The average molecular weight is 395 g/mol. The van der Waals surface area contributed by atoms with E-state index in [1.54, 1.807) is 6.92 Å². The molecule has 2 aromatic carbocycles. The highest BCUT2D eigenvalue weighted by molar-refractivity contribution is 6.32. The molecule has 0 aliphatic carbocycles. The fourth-order valence-electron chi connectivity index (χ4n) is 2.92. The van der Waals surface area contributed by atoms with Gasteiger partial charge in [0, 0.05) is 16.8 Å². The first-order valence-electron chi connectivity index (χ1n) is 9.02. The highest BCUT2D eigenvalue weighted by Gasteiger charge is 2.13. The van der Waals surface area contributed by atoms with Gasteiger partial charge in [0.25, 0.3) is 0 Å². The maximum absolute atomic E-state index is 11.7. The number of carbonyl (C=O) groups excluding carboxylic acids is 1. The molecular weight excluding hydrogens is 376 g/mol. The molecule has 0 saturated heterocycles. The SMILES string of the molecule is C[C@@H](Cl)C(=O)Nc1ccc(-c2cccc(-c3ccc4c(c3)OCCO4)n2)cc1. The van der Waals surface area contributed by atoms with Crippen LogP contribution >= 0.6 is 11.6 Å². The van der Waals surface area contributed by atoms with Crippen molar-refractivity contribution in [2.45, 2.75) is 12.3 Å². The molecule has 28 heavy (non-hydrogen) atoms. The minimum atomic E-state index is -0.580. The summed E-state index contributed by atoms with van der Waals surface area (Å²) in [5.74, 6) is 1.27. The lowest BCUT2D eigenvalue weighted by Gasteiger charge is -2.18. The number of benzene rings is 2. The number of hydrogen-bond donors (Lipinski definition) is 1. The van der Waals surface area contributed by atoms with E-state index < -0.39 is 5.38 Å². The van der Waals surface area contributed by atoms with Crippen molar-refractivity contribution in [3.63, 3.8) is 0 Å². The van der Waals surface area contributed by atoms with Crippen LogP contribution in [-0.4, -0.2) is 29.5 Å². The monoisotopic (exact) mass is 394 g/mol. The third-order valence-corrected chi connectivity index (χ3v) is 4.59. The van der Waals surface area contributed by atoms with Gasteiger partial charge in [0.05, 0.1) is 11.4 Å². The smallest absolute Gasteiger partial charge is 0.242 e.